The van der Waals surface area contributed by atoms with Crippen molar-refractivity contribution in [3.63, 3.8) is 0 Å². The van der Waals surface area contributed by atoms with Gasteiger partial charge in [0, 0.05) is 13.6 Å². The van der Waals surface area contributed by atoms with Crippen molar-refractivity contribution in [3.8, 4) is 0 Å². The van der Waals surface area contributed by atoms with Crippen LogP contribution in [-0.2, 0) is 6.04 Å². The number of carbonyl (C=O) groups excluding carboxylic acids is 1. The van der Waals surface area contributed by atoms with E-state index >= 15 is 0 Å². The maximum absolute atomic E-state index is 12.8. The van der Waals surface area contributed by atoms with Crippen LogP contribution < -0.4 is 0 Å². The van der Waals surface area contributed by atoms with Gasteiger partial charge in [-0.15, -0.1) is 0 Å². The van der Waals surface area contributed by atoms with Gasteiger partial charge in [-0.1, -0.05) is 98.0 Å². The largest absolute Gasteiger partial charge is 0.289 e. The Morgan fingerprint density at radius 3 is 1.90 bits per heavy atom. The molecule has 0 atom stereocenters. The van der Waals surface area contributed by atoms with E-state index in [1.165, 1.54) is 27.1 Å². The summed E-state index contributed by atoms with van der Waals surface area (Å²) in [6, 6.07) is 28.2. The molecule has 0 fully saturated rings. The van der Waals surface area contributed by atoms with Crippen molar-refractivity contribution in [1.82, 2.24) is 0 Å². The van der Waals surface area contributed by atoms with Crippen LogP contribution >= 0.6 is 0 Å². The van der Waals surface area contributed by atoms with Gasteiger partial charge in [0.2, 0.25) is 0 Å². The van der Waals surface area contributed by atoms with Gasteiger partial charge in [0.25, 0.3) is 0 Å². The Bertz CT molecular complexity index is 1160. The molecule has 0 aliphatic carbocycles. The summed E-state index contributed by atoms with van der Waals surface area (Å²) in [6.45, 7) is 7.09. The summed E-state index contributed by atoms with van der Waals surface area (Å²) in [6.07, 6.45) is 3.69. The van der Waals surface area contributed by atoms with Crippen molar-refractivity contribution >= 4 is 41.5 Å². The Balaban J connectivity index is 1.68. The van der Waals surface area contributed by atoms with Crippen LogP contribution in [0.3, 0.4) is 0 Å². The maximum atomic E-state index is 12.8. The number of rotatable bonds is 5. The van der Waals surface area contributed by atoms with E-state index in [-0.39, 0.29) is 5.78 Å². The second-order valence-electron chi connectivity index (χ2n) is 8.86. The molecule has 0 amide bonds. The van der Waals surface area contributed by atoms with E-state index in [1.54, 1.807) is 6.08 Å². The third kappa shape index (κ3) is 4.38. The van der Waals surface area contributed by atoms with E-state index in [0.29, 0.717) is 0 Å². The smallest absolute Gasteiger partial charge is 0.185 e. The summed E-state index contributed by atoms with van der Waals surface area (Å²) in [5, 5.41) is 4.71. The summed E-state index contributed by atoms with van der Waals surface area (Å²) < 4.78 is 0. The van der Waals surface area contributed by atoms with Crippen LogP contribution in [0.5, 0.6) is 0 Å². The molecule has 1 nitrogen and oxygen atoms in total. The first-order valence-corrected chi connectivity index (χ1v) is 13.8. The normalized spacial score (nSPS) is 12.1. The lowest BCUT2D eigenvalue weighted by atomic mass is 9.96. The van der Waals surface area contributed by atoms with Crippen molar-refractivity contribution in [2.24, 2.45) is 0 Å². The van der Waals surface area contributed by atoms with Crippen LogP contribution in [0.1, 0.15) is 21.5 Å². The highest BCUT2D eigenvalue weighted by Crippen LogP contribution is 2.29. The van der Waals surface area contributed by atoms with E-state index in [0.717, 1.165) is 17.2 Å². The summed E-state index contributed by atoms with van der Waals surface area (Å²) >= 11 is 0. The number of hydrogen-bond acceptors (Lipinski definition) is 1. The highest BCUT2D eigenvalue weighted by Gasteiger charge is 2.14. The minimum Gasteiger partial charge on any atom is -0.289 e. The molecule has 0 aliphatic rings. The zero-order chi connectivity index (χ0) is 20.4. The van der Waals surface area contributed by atoms with Gasteiger partial charge >= 0.3 is 0 Å². The van der Waals surface area contributed by atoms with Crippen molar-refractivity contribution in [3.05, 3.63) is 102 Å². The summed E-state index contributed by atoms with van der Waals surface area (Å²) in [5.74, 6) is 0.0431. The van der Waals surface area contributed by atoms with Crippen LogP contribution in [0.25, 0.3) is 27.6 Å². The SMILES string of the molecule is C[Si](C)(C)Cc1ccc(C(=O)C=Cc2c3ccccc3cc3ccccc23)cc1. The fourth-order valence-corrected chi connectivity index (χ4v) is 5.34. The third-order valence-electron chi connectivity index (χ3n) is 5.19. The van der Waals surface area contributed by atoms with E-state index < -0.39 is 8.07 Å². The van der Waals surface area contributed by atoms with Crippen molar-refractivity contribution in [2.75, 3.05) is 0 Å². The molecule has 4 rings (SSSR count). The Morgan fingerprint density at radius 1 is 0.793 bits per heavy atom. The highest BCUT2D eigenvalue weighted by atomic mass is 28.3. The molecular formula is C27H26OSi. The predicted octanol–water partition coefficient (Wildman–Crippen LogP) is 7.31. The van der Waals surface area contributed by atoms with Crippen LogP contribution in [0, 0.1) is 0 Å². The highest BCUT2D eigenvalue weighted by molar-refractivity contribution is 6.75. The van der Waals surface area contributed by atoms with Crippen LogP contribution in [-0.4, -0.2) is 13.9 Å². The van der Waals surface area contributed by atoms with Gasteiger partial charge in [0.15, 0.2) is 5.78 Å². The van der Waals surface area contributed by atoms with Gasteiger partial charge in [0.1, 0.15) is 0 Å². The average molecular weight is 395 g/mol. The summed E-state index contributed by atoms with van der Waals surface area (Å²) in [5.41, 5.74) is 3.16. The molecule has 0 aliphatic heterocycles. The second kappa shape index (κ2) is 7.80. The zero-order valence-corrected chi connectivity index (χ0v) is 18.3. The second-order valence-corrected chi connectivity index (χ2v) is 14.3. The quantitative estimate of drug-likeness (QED) is 0.150. The van der Waals surface area contributed by atoms with Gasteiger partial charge in [-0.3, -0.25) is 4.79 Å². The molecular weight excluding hydrogens is 368 g/mol. The van der Waals surface area contributed by atoms with E-state index in [4.69, 9.17) is 0 Å². The minimum atomic E-state index is -1.15. The van der Waals surface area contributed by atoms with Crippen molar-refractivity contribution < 1.29 is 4.79 Å². The summed E-state index contributed by atoms with van der Waals surface area (Å²) in [4.78, 5) is 12.8. The molecule has 0 heterocycles. The first-order valence-electron chi connectivity index (χ1n) is 10.1. The first-order chi connectivity index (χ1) is 13.9. The Hall–Kier alpha value is -2.97. The molecule has 0 spiro atoms. The lowest BCUT2D eigenvalue weighted by Gasteiger charge is -2.15. The number of benzene rings is 4. The molecule has 0 N–H and O–H groups in total. The molecule has 0 bridgehead atoms. The average Bonchev–Trinajstić information content (AvgIpc) is 2.70. The van der Waals surface area contributed by atoms with Crippen LogP contribution in [0.4, 0.5) is 0 Å². The third-order valence-corrected chi connectivity index (χ3v) is 6.66. The fourth-order valence-electron chi connectivity index (χ4n) is 3.88. The van der Waals surface area contributed by atoms with Gasteiger partial charge in [-0.05, 0) is 51.4 Å². The molecule has 29 heavy (non-hydrogen) atoms. The van der Waals surface area contributed by atoms with Gasteiger partial charge in [-0.25, -0.2) is 0 Å². The molecule has 2 heteroatoms. The van der Waals surface area contributed by atoms with Crippen LogP contribution in [0.2, 0.25) is 19.6 Å². The van der Waals surface area contributed by atoms with E-state index in [9.17, 15) is 4.79 Å². The van der Waals surface area contributed by atoms with Crippen molar-refractivity contribution in [1.29, 1.82) is 0 Å². The molecule has 0 aromatic heterocycles. The van der Waals surface area contributed by atoms with Gasteiger partial charge < -0.3 is 0 Å². The number of fused-ring (bicyclic) bond motifs is 2. The van der Waals surface area contributed by atoms with E-state index in [1.807, 2.05) is 30.3 Å². The lowest BCUT2D eigenvalue weighted by Crippen LogP contribution is -2.23. The zero-order valence-electron chi connectivity index (χ0n) is 17.3. The standard InChI is InChI=1S/C27H26OSi/c1-29(2,3)19-20-12-14-21(15-13-20)27(28)17-16-26-24-10-6-4-8-22(24)18-23-9-5-7-11-25(23)26/h4-18H,19H2,1-3H3. The van der Waals surface area contributed by atoms with Gasteiger partial charge in [0.05, 0.1) is 0 Å². The topological polar surface area (TPSA) is 17.1 Å². The van der Waals surface area contributed by atoms with Crippen molar-refractivity contribution in [2.45, 2.75) is 25.7 Å². The molecule has 0 saturated heterocycles. The molecule has 144 valence electrons. The first kappa shape index (κ1) is 19.3. The van der Waals surface area contributed by atoms with Gasteiger partial charge in [-0.2, -0.15) is 0 Å². The number of ketones is 1. The molecule has 4 aromatic carbocycles. The molecule has 0 unspecified atom stereocenters. The minimum absolute atomic E-state index is 0.0431. The Labute approximate surface area is 173 Å². The molecule has 0 radical (unpaired) electrons. The monoisotopic (exact) mass is 394 g/mol. The fraction of sp³-hybridized carbons (Fsp3) is 0.148. The lowest BCUT2D eigenvalue weighted by molar-refractivity contribution is 0.104. The molecule has 0 saturated carbocycles. The maximum Gasteiger partial charge on any atom is 0.185 e. The summed E-state index contributed by atoms with van der Waals surface area (Å²) in [7, 11) is -1.15. The number of allylic oxidation sites excluding steroid dienone is 1. The Kier molecular flexibility index (Phi) is 5.21. The predicted molar refractivity (Wildman–Crippen MR) is 128 cm³/mol. The van der Waals surface area contributed by atoms with Crippen LogP contribution in [0.15, 0.2) is 84.9 Å². The number of hydrogen-bond donors (Lipinski definition) is 0. The van der Waals surface area contributed by atoms with E-state index in [2.05, 4.69) is 74.2 Å². The Morgan fingerprint density at radius 2 is 1.34 bits per heavy atom. The molecule has 4 aromatic rings. The number of carbonyl (C=O) groups is 1.